The summed E-state index contributed by atoms with van der Waals surface area (Å²) in [6, 6.07) is 0.213. The number of urea groups is 1. The molecule has 0 radical (unpaired) electrons. The van der Waals surface area contributed by atoms with Crippen LogP contribution in [-0.4, -0.2) is 67.0 Å². The maximum absolute atomic E-state index is 12.2. The Labute approximate surface area is 139 Å². The molecule has 2 fully saturated rings. The molecule has 6 heteroatoms. The van der Waals surface area contributed by atoms with Crippen LogP contribution in [0.1, 0.15) is 32.6 Å². The quantitative estimate of drug-likeness (QED) is 0.747. The molecule has 2 rings (SSSR count). The predicted octanol–water partition coefficient (Wildman–Crippen LogP) is 0.642. The van der Waals surface area contributed by atoms with E-state index in [1.165, 1.54) is 12.8 Å². The zero-order valence-electron chi connectivity index (χ0n) is 14.0. The van der Waals surface area contributed by atoms with Crippen molar-refractivity contribution in [2.75, 3.05) is 39.3 Å². The highest BCUT2D eigenvalue weighted by atomic mass is 16.2. The molecule has 3 amide bonds. The Morgan fingerprint density at radius 1 is 1.22 bits per heavy atom. The number of carbonyl (C=O) groups is 2. The van der Waals surface area contributed by atoms with Crippen molar-refractivity contribution in [1.82, 2.24) is 20.4 Å². The Morgan fingerprint density at radius 3 is 2.61 bits per heavy atom. The summed E-state index contributed by atoms with van der Waals surface area (Å²) in [5, 5.41) is 5.83. The second-order valence-corrected chi connectivity index (χ2v) is 6.66. The van der Waals surface area contributed by atoms with E-state index in [1.54, 1.807) is 4.90 Å². The van der Waals surface area contributed by atoms with Crippen molar-refractivity contribution < 1.29 is 9.59 Å². The standard InChI is InChI=1S/C17H28N4O2/c1-3-7-18-17(23)21-10-8-20(9-11-21)13-16(22)19-15-6-4-5-14(2)12-15/h1,14-15H,4-13H2,2H3,(H,18,23)(H,19,22)/t14-,15+/m0/s1. The minimum absolute atomic E-state index is 0.106. The molecular formula is C17H28N4O2. The van der Waals surface area contributed by atoms with E-state index in [-0.39, 0.29) is 18.5 Å². The number of amides is 3. The molecular weight excluding hydrogens is 292 g/mol. The van der Waals surface area contributed by atoms with Crippen LogP contribution in [0.15, 0.2) is 0 Å². The van der Waals surface area contributed by atoms with Gasteiger partial charge in [0.15, 0.2) is 0 Å². The van der Waals surface area contributed by atoms with Crippen molar-refractivity contribution in [2.24, 2.45) is 5.92 Å². The van der Waals surface area contributed by atoms with Crippen LogP contribution in [0.3, 0.4) is 0 Å². The molecule has 2 N–H and O–H groups in total. The molecule has 1 saturated heterocycles. The summed E-state index contributed by atoms with van der Waals surface area (Å²) in [5.41, 5.74) is 0. The molecule has 0 spiro atoms. The van der Waals surface area contributed by atoms with E-state index in [4.69, 9.17) is 6.42 Å². The Balaban J connectivity index is 1.66. The summed E-state index contributed by atoms with van der Waals surface area (Å²) in [6.45, 7) is 5.62. The van der Waals surface area contributed by atoms with Crippen LogP contribution in [0.25, 0.3) is 0 Å². The van der Waals surface area contributed by atoms with Gasteiger partial charge >= 0.3 is 6.03 Å². The van der Waals surface area contributed by atoms with E-state index in [1.807, 2.05) is 0 Å². The molecule has 0 aromatic heterocycles. The van der Waals surface area contributed by atoms with E-state index in [0.29, 0.717) is 31.6 Å². The largest absolute Gasteiger partial charge is 0.352 e. The van der Waals surface area contributed by atoms with Gasteiger partial charge in [-0.25, -0.2) is 4.79 Å². The lowest BCUT2D eigenvalue weighted by Gasteiger charge is -2.34. The molecule has 0 aromatic rings. The molecule has 0 aromatic carbocycles. The van der Waals surface area contributed by atoms with Gasteiger partial charge in [0.25, 0.3) is 0 Å². The minimum Gasteiger partial charge on any atom is -0.352 e. The summed E-state index contributed by atoms with van der Waals surface area (Å²) >= 11 is 0. The summed E-state index contributed by atoms with van der Waals surface area (Å²) < 4.78 is 0. The molecule has 0 bridgehead atoms. The third-order valence-electron chi connectivity index (χ3n) is 4.67. The van der Waals surface area contributed by atoms with Crippen molar-refractivity contribution >= 4 is 11.9 Å². The lowest BCUT2D eigenvalue weighted by molar-refractivity contribution is -0.123. The number of rotatable bonds is 4. The summed E-state index contributed by atoms with van der Waals surface area (Å²) in [4.78, 5) is 27.8. The Bertz CT molecular complexity index is 452. The van der Waals surface area contributed by atoms with E-state index >= 15 is 0 Å². The van der Waals surface area contributed by atoms with Gasteiger partial charge in [-0.2, -0.15) is 0 Å². The van der Waals surface area contributed by atoms with Gasteiger partial charge in [-0.3, -0.25) is 9.69 Å². The number of carbonyl (C=O) groups excluding carboxylic acids is 2. The smallest absolute Gasteiger partial charge is 0.318 e. The first-order valence-corrected chi connectivity index (χ1v) is 8.56. The fourth-order valence-corrected chi connectivity index (χ4v) is 3.39. The molecule has 2 aliphatic rings. The average molecular weight is 320 g/mol. The van der Waals surface area contributed by atoms with Crippen LogP contribution < -0.4 is 10.6 Å². The minimum atomic E-state index is -0.122. The fourth-order valence-electron chi connectivity index (χ4n) is 3.39. The fraction of sp³-hybridized carbons (Fsp3) is 0.765. The molecule has 6 nitrogen and oxygen atoms in total. The van der Waals surface area contributed by atoms with Gasteiger partial charge in [-0.1, -0.05) is 25.7 Å². The summed E-state index contributed by atoms with van der Waals surface area (Å²) in [6.07, 6.45) is 9.80. The van der Waals surface area contributed by atoms with Crippen molar-refractivity contribution in [3.63, 3.8) is 0 Å². The van der Waals surface area contributed by atoms with Crippen LogP contribution in [0.2, 0.25) is 0 Å². The molecule has 0 unspecified atom stereocenters. The number of terminal acetylenes is 1. The summed E-state index contributed by atoms with van der Waals surface area (Å²) in [5.74, 6) is 3.21. The molecule has 23 heavy (non-hydrogen) atoms. The monoisotopic (exact) mass is 320 g/mol. The maximum atomic E-state index is 12.2. The van der Waals surface area contributed by atoms with E-state index in [0.717, 1.165) is 25.9 Å². The van der Waals surface area contributed by atoms with Crippen LogP contribution in [0.5, 0.6) is 0 Å². The summed E-state index contributed by atoms with van der Waals surface area (Å²) in [7, 11) is 0. The van der Waals surface area contributed by atoms with Gasteiger partial charge in [0.1, 0.15) is 0 Å². The van der Waals surface area contributed by atoms with Crippen molar-refractivity contribution in [2.45, 2.75) is 38.6 Å². The van der Waals surface area contributed by atoms with E-state index in [2.05, 4.69) is 28.4 Å². The average Bonchev–Trinajstić information content (AvgIpc) is 2.53. The maximum Gasteiger partial charge on any atom is 0.318 e. The van der Waals surface area contributed by atoms with Gasteiger partial charge in [-0.05, 0) is 18.8 Å². The highest BCUT2D eigenvalue weighted by Gasteiger charge is 2.24. The third kappa shape index (κ3) is 5.76. The Morgan fingerprint density at radius 2 is 1.96 bits per heavy atom. The number of hydrogen-bond donors (Lipinski definition) is 2. The van der Waals surface area contributed by atoms with Crippen LogP contribution in [0, 0.1) is 18.3 Å². The van der Waals surface area contributed by atoms with E-state index in [9.17, 15) is 9.59 Å². The highest BCUT2D eigenvalue weighted by Crippen LogP contribution is 2.23. The van der Waals surface area contributed by atoms with Crippen molar-refractivity contribution in [3.05, 3.63) is 0 Å². The van der Waals surface area contributed by atoms with Gasteiger partial charge in [0.05, 0.1) is 13.1 Å². The molecule has 128 valence electrons. The van der Waals surface area contributed by atoms with Crippen LogP contribution in [0.4, 0.5) is 4.79 Å². The second-order valence-electron chi connectivity index (χ2n) is 6.66. The highest BCUT2D eigenvalue weighted by molar-refractivity contribution is 5.78. The predicted molar refractivity (Wildman–Crippen MR) is 89.8 cm³/mol. The lowest BCUT2D eigenvalue weighted by atomic mass is 9.87. The number of nitrogens with zero attached hydrogens (tertiary/aromatic N) is 2. The van der Waals surface area contributed by atoms with Crippen LogP contribution in [-0.2, 0) is 4.79 Å². The number of nitrogens with one attached hydrogen (secondary N) is 2. The lowest BCUT2D eigenvalue weighted by Crippen LogP contribution is -2.54. The first kappa shape index (κ1) is 17.6. The van der Waals surface area contributed by atoms with Gasteiger partial charge in [0, 0.05) is 32.2 Å². The van der Waals surface area contributed by atoms with Crippen molar-refractivity contribution in [3.8, 4) is 12.3 Å². The Kier molecular flexibility index (Phi) is 6.72. The van der Waals surface area contributed by atoms with Gasteiger partial charge < -0.3 is 15.5 Å². The second kappa shape index (κ2) is 8.78. The van der Waals surface area contributed by atoms with E-state index < -0.39 is 0 Å². The van der Waals surface area contributed by atoms with Crippen LogP contribution >= 0.6 is 0 Å². The third-order valence-corrected chi connectivity index (χ3v) is 4.67. The topological polar surface area (TPSA) is 64.7 Å². The molecule has 2 atom stereocenters. The molecule has 1 aliphatic carbocycles. The number of piperazine rings is 1. The van der Waals surface area contributed by atoms with Gasteiger partial charge in [-0.15, -0.1) is 6.42 Å². The van der Waals surface area contributed by atoms with Gasteiger partial charge in [0.2, 0.25) is 5.91 Å². The Hall–Kier alpha value is -1.74. The first-order valence-electron chi connectivity index (χ1n) is 8.56. The zero-order valence-corrected chi connectivity index (χ0v) is 14.0. The SMILES string of the molecule is C#CCNC(=O)N1CCN(CC(=O)N[C@@H]2CCC[C@H](C)C2)CC1. The number of hydrogen-bond acceptors (Lipinski definition) is 3. The van der Waals surface area contributed by atoms with Crippen molar-refractivity contribution in [1.29, 1.82) is 0 Å². The molecule has 1 heterocycles. The zero-order chi connectivity index (χ0) is 16.7. The normalized spacial score (nSPS) is 25.5. The first-order chi connectivity index (χ1) is 11.1. The molecule has 1 saturated carbocycles. The molecule has 1 aliphatic heterocycles.